The molecule has 0 amide bonds. The van der Waals surface area contributed by atoms with Gasteiger partial charge in [-0.1, -0.05) is 67.7 Å². The lowest BCUT2D eigenvalue weighted by molar-refractivity contribution is 1.17. The van der Waals surface area contributed by atoms with Crippen molar-refractivity contribution in [2.75, 3.05) is 0 Å². The van der Waals surface area contributed by atoms with Crippen LogP contribution in [0.25, 0.3) is 0 Å². The highest BCUT2D eigenvalue weighted by atomic mass is 79.9. The predicted octanol–water partition coefficient (Wildman–Crippen LogP) is 5.90. The van der Waals surface area contributed by atoms with E-state index in [1.807, 2.05) is 31.2 Å². The Labute approximate surface area is 123 Å². The van der Waals surface area contributed by atoms with Crippen LogP contribution in [0.1, 0.15) is 21.5 Å². The fourth-order valence-corrected chi connectivity index (χ4v) is 2.63. The lowest BCUT2D eigenvalue weighted by Gasteiger charge is -2.12. The number of rotatable bonds is 2. The van der Waals surface area contributed by atoms with Gasteiger partial charge in [-0.25, -0.2) is 0 Å². The molecule has 0 bridgehead atoms. The van der Waals surface area contributed by atoms with Crippen LogP contribution in [0.4, 0.5) is 0 Å². The molecule has 0 spiro atoms. The summed E-state index contributed by atoms with van der Waals surface area (Å²) in [4.78, 5) is 0.175. The van der Waals surface area contributed by atoms with Crippen LogP contribution in [0.2, 0.25) is 5.02 Å². The van der Waals surface area contributed by atoms with Crippen LogP contribution in [-0.4, -0.2) is 0 Å². The Hall–Kier alpha value is -0.310. The van der Waals surface area contributed by atoms with Crippen LogP contribution in [0.15, 0.2) is 46.9 Å². The first kappa shape index (κ1) is 13.1. The van der Waals surface area contributed by atoms with Crippen LogP contribution < -0.4 is 0 Å². The van der Waals surface area contributed by atoms with Crippen molar-refractivity contribution in [3.63, 3.8) is 0 Å². The van der Waals surface area contributed by atoms with Crippen molar-refractivity contribution < 1.29 is 0 Å². The van der Waals surface area contributed by atoms with Gasteiger partial charge < -0.3 is 0 Å². The van der Waals surface area contributed by atoms with Gasteiger partial charge in [0.2, 0.25) is 0 Å². The number of benzene rings is 2. The normalized spacial score (nSPS) is 12.5. The van der Waals surface area contributed by atoms with E-state index in [4.69, 9.17) is 11.6 Å². The second kappa shape index (κ2) is 5.55. The topological polar surface area (TPSA) is 0 Å². The number of hydrogen-bond donors (Lipinski definition) is 0. The van der Waals surface area contributed by atoms with E-state index in [0.29, 0.717) is 0 Å². The summed E-state index contributed by atoms with van der Waals surface area (Å²) in [6.07, 6.45) is 0. The molecule has 1 atom stereocenters. The Kier molecular flexibility index (Phi) is 4.29. The summed E-state index contributed by atoms with van der Waals surface area (Å²) in [7, 11) is 0. The third kappa shape index (κ3) is 3.12. The number of halogens is 3. The van der Waals surface area contributed by atoms with E-state index in [1.165, 1.54) is 11.1 Å². The molecule has 1 unspecified atom stereocenters. The fourth-order valence-electron chi connectivity index (χ4n) is 1.59. The highest BCUT2D eigenvalue weighted by Crippen LogP contribution is 2.33. The molecule has 2 rings (SSSR count). The molecule has 0 aliphatic heterocycles. The van der Waals surface area contributed by atoms with Crippen molar-refractivity contribution in [2.24, 2.45) is 0 Å². The first-order valence-corrected chi connectivity index (χ1v) is 7.32. The Morgan fingerprint density at radius 3 is 2.18 bits per heavy atom. The maximum atomic E-state index is 6.14. The zero-order valence-electron chi connectivity index (χ0n) is 9.25. The summed E-state index contributed by atoms with van der Waals surface area (Å²) in [5.74, 6) is 0. The van der Waals surface area contributed by atoms with Gasteiger partial charge in [-0.15, -0.1) is 0 Å². The molecule has 0 nitrogen and oxygen atoms in total. The Bertz CT molecular complexity index is 520. The van der Waals surface area contributed by atoms with Gasteiger partial charge in [-0.3, -0.25) is 0 Å². The first-order valence-electron chi connectivity index (χ1n) is 5.23. The van der Waals surface area contributed by atoms with Gasteiger partial charge >= 0.3 is 0 Å². The molecule has 0 N–H and O–H groups in total. The third-order valence-electron chi connectivity index (χ3n) is 2.65. The summed E-state index contributed by atoms with van der Waals surface area (Å²) >= 11 is 13.3. The summed E-state index contributed by atoms with van der Waals surface area (Å²) in [6, 6.07) is 14.4. The van der Waals surface area contributed by atoms with Crippen molar-refractivity contribution in [3.8, 4) is 0 Å². The molecule has 0 aromatic heterocycles. The van der Waals surface area contributed by atoms with Crippen LogP contribution in [0, 0.1) is 6.92 Å². The van der Waals surface area contributed by atoms with Gasteiger partial charge in [0.25, 0.3) is 0 Å². The molecule has 0 saturated heterocycles. The zero-order valence-corrected chi connectivity index (χ0v) is 13.2. The van der Waals surface area contributed by atoms with E-state index >= 15 is 0 Å². The smallest absolute Gasteiger partial charge is 0.0645 e. The largest absolute Gasteiger partial charge is 0.0840 e. The lowest BCUT2D eigenvalue weighted by Crippen LogP contribution is -1.93. The van der Waals surface area contributed by atoms with Crippen molar-refractivity contribution >= 4 is 43.5 Å². The predicted molar refractivity (Wildman–Crippen MR) is 81.1 cm³/mol. The monoisotopic (exact) mass is 372 g/mol. The minimum Gasteiger partial charge on any atom is -0.0840 e. The van der Waals surface area contributed by atoms with Gasteiger partial charge in [0.1, 0.15) is 0 Å². The first-order chi connectivity index (χ1) is 8.08. The molecule has 17 heavy (non-hydrogen) atoms. The number of hydrogen-bond acceptors (Lipinski definition) is 0. The summed E-state index contributed by atoms with van der Waals surface area (Å²) in [5, 5.41) is 0.809. The Balaban J connectivity index is 2.33. The van der Waals surface area contributed by atoms with Crippen LogP contribution >= 0.6 is 43.5 Å². The molecule has 0 saturated carbocycles. The van der Waals surface area contributed by atoms with E-state index in [9.17, 15) is 0 Å². The highest BCUT2D eigenvalue weighted by Gasteiger charge is 2.11. The second-order valence-electron chi connectivity index (χ2n) is 3.92. The average molecular weight is 375 g/mol. The number of aryl methyl sites for hydroxylation is 1. The van der Waals surface area contributed by atoms with E-state index in [2.05, 4.69) is 50.1 Å². The summed E-state index contributed by atoms with van der Waals surface area (Å²) in [5.41, 5.74) is 3.49. The SMILES string of the molecule is Cc1ccc(C(Br)c2ccc(Br)cc2)cc1Cl. The quantitative estimate of drug-likeness (QED) is 0.575. The molecule has 2 aromatic rings. The average Bonchev–Trinajstić information content (AvgIpc) is 2.33. The molecule has 0 aliphatic carbocycles. The van der Waals surface area contributed by atoms with Gasteiger partial charge in [-0.05, 0) is 41.8 Å². The molecule has 2 aromatic carbocycles. The zero-order chi connectivity index (χ0) is 12.4. The molecule has 0 aliphatic rings. The Morgan fingerprint density at radius 1 is 1.00 bits per heavy atom. The molecule has 3 heteroatoms. The van der Waals surface area contributed by atoms with Crippen molar-refractivity contribution in [3.05, 3.63) is 68.7 Å². The number of alkyl halides is 1. The van der Waals surface area contributed by atoms with Gasteiger partial charge in [-0.2, -0.15) is 0 Å². The molecule has 88 valence electrons. The van der Waals surface area contributed by atoms with Crippen molar-refractivity contribution in [2.45, 2.75) is 11.8 Å². The highest BCUT2D eigenvalue weighted by molar-refractivity contribution is 9.10. The van der Waals surface area contributed by atoms with Gasteiger partial charge in [0, 0.05) is 9.50 Å². The maximum absolute atomic E-state index is 6.14. The third-order valence-corrected chi connectivity index (χ3v) is 4.64. The minimum absolute atomic E-state index is 0.175. The molecule has 0 radical (unpaired) electrons. The van der Waals surface area contributed by atoms with E-state index in [1.54, 1.807) is 0 Å². The summed E-state index contributed by atoms with van der Waals surface area (Å²) < 4.78 is 1.09. The van der Waals surface area contributed by atoms with Crippen molar-refractivity contribution in [1.29, 1.82) is 0 Å². The van der Waals surface area contributed by atoms with Crippen molar-refractivity contribution in [1.82, 2.24) is 0 Å². The second-order valence-corrected chi connectivity index (χ2v) is 6.16. The fraction of sp³-hybridized carbons (Fsp3) is 0.143. The van der Waals surface area contributed by atoms with Crippen LogP contribution in [-0.2, 0) is 0 Å². The van der Waals surface area contributed by atoms with Crippen LogP contribution in [0.5, 0.6) is 0 Å². The summed E-state index contributed by atoms with van der Waals surface area (Å²) in [6.45, 7) is 2.01. The van der Waals surface area contributed by atoms with Crippen LogP contribution in [0.3, 0.4) is 0 Å². The van der Waals surface area contributed by atoms with Gasteiger partial charge in [0.05, 0.1) is 4.83 Å². The standard InChI is InChI=1S/C14H11Br2Cl/c1-9-2-3-11(8-13(9)17)14(16)10-4-6-12(15)7-5-10/h2-8,14H,1H3. The van der Waals surface area contributed by atoms with E-state index in [0.717, 1.165) is 15.1 Å². The van der Waals surface area contributed by atoms with E-state index in [-0.39, 0.29) is 4.83 Å². The maximum Gasteiger partial charge on any atom is 0.0645 e. The van der Waals surface area contributed by atoms with E-state index < -0.39 is 0 Å². The minimum atomic E-state index is 0.175. The molecular weight excluding hydrogens is 363 g/mol. The Morgan fingerprint density at radius 2 is 1.59 bits per heavy atom. The lowest BCUT2D eigenvalue weighted by atomic mass is 10.0. The van der Waals surface area contributed by atoms with Gasteiger partial charge in [0.15, 0.2) is 0 Å². The molecular formula is C14H11Br2Cl. The molecule has 0 heterocycles. The molecule has 0 fully saturated rings.